The SMILES string of the molecule is CC(C)C1=C2[C@H]3CC[C@@H]4[C@@]5(C)CC[C@H](OC(=O)[C@H]6C[C@@H](Cc7ccccc7)C6(C)C)C(C)(C)[C@@H]5CC[C@@]4(C)[C@]3(C)CC[C@@]2(NC(=O)C2(N)CCCC2)CC1=O.O=C=O. The summed E-state index contributed by atoms with van der Waals surface area (Å²) in [6, 6.07) is 10.7. The lowest BCUT2D eigenvalue weighted by Crippen LogP contribution is -2.68. The van der Waals surface area contributed by atoms with Gasteiger partial charge in [-0.2, -0.15) is 9.59 Å². The van der Waals surface area contributed by atoms with Gasteiger partial charge in [0.1, 0.15) is 6.10 Å². The monoisotopic (exact) mass is 797 g/mol. The Kier molecular flexibility index (Phi) is 11.0. The number of allylic oxidation sites excluding steroid dienone is 1. The van der Waals surface area contributed by atoms with Crippen LogP contribution in [-0.2, 0) is 35.1 Å². The number of amides is 1. The number of benzene rings is 1. The van der Waals surface area contributed by atoms with Gasteiger partial charge in [0.05, 0.1) is 17.0 Å². The van der Waals surface area contributed by atoms with Gasteiger partial charge in [0.25, 0.3) is 0 Å². The first-order chi connectivity index (χ1) is 27.1. The van der Waals surface area contributed by atoms with Gasteiger partial charge in [-0.05, 0) is 145 Å². The Morgan fingerprint density at radius 1 is 0.828 bits per heavy atom. The second kappa shape index (κ2) is 14.8. The van der Waals surface area contributed by atoms with Crippen LogP contribution in [0.15, 0.2) is 41.5 Å². The number of nitrogens with two attached hydrogens (primary N) is 1. The standard InChI is InChI=1S/C49H72N2O4.CO2/c1-30(2)39-35(52)29-49(51-42(54)48(50)21-13-14-22-48)26-25-46(8)33(40(39)49)17-18-37-45(7)23-20-38(44(5,6)36(45)19-24-47(37,46)9)55-41(53)34-28-32(43(34,3)4)27-31-15-11-10-12-16-31;2-1-3/h10-12,15-16,30,32-34,36-38H,13-14,17-29,50H2,1-9H3,(H,51,54);/t32-,33-,34-,36+,37-,38+,45+,46-,47-,49-;/m1./s1. The molecule has 0 saturated heterocycles. The van der Waals surface area contributed by atoms with Gasteiger partial charge in [-0.1, -0.05) is 105 Å². The Labute approximate surface area is 348 Å². The fraction of sp³-hybridized carbons (Fsp3) is 0.760. The van der Waals surface area contributed by atoms with E-state index in [0.717, 1.165) is 95.5 Å². The van der Waals surface area contributed by atoms with Crippen molar-refractivity contribution in [3.05, 3.63) is 47.0 Å². The highest BCUT2D eigenvalue weighted by molar-refractivity contribution is 6.02. The molecule has 6 saturated carbocycles. The Bertz CT molecular complexity index is 1850. The van der Waals surface area contributed by atoms with Crippen LogP contribution in [0.3, 0.4) is 0 Å². The number of fused-ring (bicyclic) bond motifs is 7. The molecular formula is C50H72N2O6. The summed E-state index contributed by atoms with van der Waals surface area (Å²) in [7, 11) is 0. The van der Waals surface area contributed by atoms with Crippen molar-refractivity contribution in [3.63, 3.8) is 0 Å². The zero-order valence-corrected chi connectivity index (χ0v) is 37.1. The van der Waals surface area contributed by atoms with Crippen molar-refractivity contribution >= 4 is 23.8 Å². The predicted octanol–water partition coefficient (Wildman–Crippen LogP) is 9.34. The maximum absolute atomic E-state index is 14.0. The molecule has 6 fully saturated rings. The fourth-order valence-electron chi connectivity index (χ4n) is 15.4. The molecule has 3 N–H and O–H groups in total. The lowest BCUT2D eigenvalue weighted by Gasteiger charge is -2.72. The lowest BCUT2D eigenvalue weighted by molar-refractivity contribution is -0.235. The van der Waals surface area contributed by atoms with E-state index in [1.165, 1.54) is 11.1 Å². The number of nitrogens with one attached hydrogen (secondary N) is 1. The molecule has 0 unspecified atom stereocenters. The molecule has 0 aromatic heterocycles. The average Bonchev–Trinajstić information content (AvgIpc) is 3.73. The van der Waals surface area contributed by atoms with E-state index in [1.807, 2.05) is 0 Å². The van der Waals surface area contributed by atoms with E-state index in [-0.39, 0.29) is 74.7 Å². The van der Waals surface area contributed by atoms with Gasteiger partial charge in [0.2, 0.25) is 5.91 Å². The molecular weight excluding hydrogens is 725 g/mol. The summed E-state index contributed by atoms with van der Waals surface area (Å²) in [5.41, 5.74) is 9.04. The second-order valence-corrected chi connectivity index (χ2v) is 22.5. The van der Waals surface area contributed by atoms with E-state index in [1.54, 1.807) is 0 Å². The van der Waals surface area contributed by atoms with Crippen LogP contribution in [-0.4, -0.2) is 41.0 Å². The van der Waals surface area contributed by atoms with Crippen molar-refractivity contribution in [1.82, 2.24) is 5.32 Å². The topological polar surface area (TPSA) is 133 Å². The molecule has 8 heteroatoms. The minimum absolute atomic E-state index is 0.0194. The molecule has 1 amide bonds. The Morgan fingerprint density at radius 2 is 1.48 bits per heavy atom. The summed E-state index contributed by atoms with van der Waals surface area (Å²) in [6.45, 7) is 21.5. The van der Waals surface area contributed by atoms with Crippen LogP contribution in [0.1, 0.15) is 158 Å². The zero-order valence-electron chi connectivity index (χ0n) is 37.1. The van der Waals surface area contributed by atoms with Gasteiger partial charge in [0, 0.05) is 11.8 Å². The van der Waals surface area contributed by atoms with Gasteiger partial charge in [-0.25, -0.2) is 0 Å². The third kappa shape index (κ3) is 6.43. The molecule has 7 aliphatic carbocycles. The number of hydrogen-bond donors (Lipinski definition) is 2. The van der Waals surface area contributed by atoms with Gasteiger partial charge in [0.15, 0.2) is 5.78 Å². The molecule has 0 radical (unpaired) electrons. The van der Waals surface area contributed by atoms with E-state index in [4.69, 9.17) is 20.1 Å². The minimum atomic E-state index is -0.820. The van der Waals surface area contributed by atoms with Gasteiger partial charge in [-0.3, -0.25) is 14.4 Å². The number of carbonyl (C=O) groups excluding carboxylic acids is 5. The van der Waals surface area contributed by atoms with E-state index < -0.39 is 11.1 Å². The number of ketones is 1. The highest BCUT2D eigenvalue weighted by Crippen LogP contribution is 2.76. The Balaban J connectivity index is 0.00000166. The van der Waals surface area contributed by atoms with E-state index >= 15 is 0 Å². The summed E-state index contributed by atoms with van der Waals surface area (Å²) < 4.78 is 6.66. The number of hydrogen-bond acceptors (Lipinski definition) is 7. The zero-order chi connectivity index (χ0) is 42.3. The normalized spacial score (nSPS) is 40.4. The number of carbonyl (C=O) groups is 3. The minimum Gasteiger partial charge on any atom is -0.462 e. The van der Waals surface area contributed by atoms with Crippen molar-refractivity contribution in [3.8, 4) is 0 Å². The molecule has 0 heterocycles. The van der Waals surface area contributed by atoms with Crippen LogP contribution in [0, 0.1) is 62.6 Å². The summed E-state index contributed by atoms with van der Waals surface area (Å²) in [4.78, 5) is 58.3. The van der Waals surface area contributed by atoms with Crippen LogP contribution < -0.4 is 11.1 Å². The fourth-order valence-corrected chi connectivity index (χ4v) is 15.4. The molecule has 1 aromatic carbocycles. The van der Waals surface area contributed by atoms with Crippen molar-refractivity contribution in [2.45, 2.75) is 176 Å². The van der Waals surface area contributed by atoms with E-state index in [2.05, 4.69) is 98.0 Å². The number of rotatable bonds is 7. The number of esters is 1. The summed E-state index contributed by atoms with van der Waals surface area (Å²) in [5.74, 6) is 2.08. The molecule has 0 bridgehead atoms. The summed E-state index contributed by atoms with van der Waals surface area (Å²) in [5, 5.41) is 3.56. The van der Waals surface area contributed by atoms with Crippen molar-refractivity contribution in [2.75, 3.05) is 0 Å². The molecule has 318 valence electrons. The highest BCUT2D eigenvalue weighted by Gasteiger charge is 2.70. The molecule has 10 atom stereocenters. The average molecular weight is 797 g/mol. The largest absolute Gasteiger partial charge is 0.462 e. The highest BCUT2D eigenvalue weighted by atomic mass is 16.5. The second-order valence-electron chi connectivity index (χ2n) is 22.5. The van der Waals surface area contributed by atoms with Crippen LogP contribution in [0.5, 0.6) is 0 Å². The van der Waals surface area contributed by atoms with Crippen molar-refractivity contribution in [2.24, 2.45) is 68.3 Å². The van der Waals surface area contributed by atoms with Gasteiger partial charge >= 0.3 is 12.1 Å². The maximum atomic E-state index is 14.0. The summed E-state index contributed by atoms with van der Waals surface area (Å²) in [6.07, 6.45) is 14.2. The molecule has 1 aromatic rings. The Morgan fingerprint density at radius 3 is 2.10 bits per heavy atom. The number of ether oxygens (including phenoxy) is 1. The lowest BCUT2D eigenvalue weighted by atomic mass is 9.33. The predicted molar refractivity (Wildman–Crippen MR) is 224 cm³/mol. The van der Waals surface area contributed by atoms with E-state index in [0.29, 0.717) is 24.2 Å². The molecule has 58 heavy (non-hydrogen) atoms. The van der Waals surface area contributed by atoms with Crippen molar-refractivity contribution in [1.29, 1.82) is 0 Å². The van der Waals surface area contributed by atoms with Crippen LogP contribution in [0.25, 0.3) is 0 Å². The maximum Gasteiger partial charge on any atom is 0.373 e. The molecule has 8 nitrogen and oxygen atoms in total. The summed E-state index contributed by atoms with van der Waals surface area (Å²) >= 11 is 0. The molecule has 0 spiro atoms. The first-order valence-electron chi connectivity index (χ1n) is 22.8. The quantitative estimate of drug-likeness (QED) is 0.263. The van der Waals surface area contributed by atoms with Crippen LogP contribution in [0.4, 0.5) is 0 Å². The van der Waals surface area contributed by atoms with Crippen LogP contribution >= 0.6 is 0 Å². The smallest absolute Gasteiger partial charge is 0.373 e. The van der Waals surface area contributed by atoms with Crippen molar-refractivity contribution < 1.29 is 28.7 Å². The van der Waals surface area contributed by atoms with Crippen LogP contribution in [0.2, 0.25) is 0 Å². The van der Waals surface area contributed by atoms with Gasteiger partial charge < -0.3 is 15.8 Å². The van der Waals surface area contributed by atoms with E-state index in [9.17, 15) is 14.4 Å². The third-order valence-electron chi connectivity index (χ3n) is 19.0. The molecule has 0 aliphatic heterocycles. The number of Topliss-reactive ketones (excluding diaryl/α,β-unsaturated/α-hetero) is 1. The Hall–Kier alpha value is -3.09. The van der Waals surface area contributed by atoms with Gasteiger partial charge in [-0.15, -0.1) is 0 Å². The molecule has 7 aliphatic rings. The first-order valence-corrected chi connectivity index (χ1v) is 22.8. The molecule has 8 rings (SSSR count). The third-order valence-corrected chi connectivity index (χ3v) is 19.0. The first kappa shape index (κ1) is 43.0.